The maximum absolute atomic E-state index is 13.1. The Kier molecular flexibility index (Phi) is 8.07. The van der Waals surface area contributed by atoms with E-state index in [0.29, 0.717) is 26.2 Å². The van der Waals surface area contributed by atoms with Crippen LogP contribution in [0.2, 0.25) is 0 Å². The van der Waals surface area contributed by atoms with Crippen molar-refractivity contribution >= 4 is 28.3 Å². The third-order valence-corrected chi connectivity index (χ3v) is 6.85. The summed E-state index contributed by atoms with van der Waals surface area (Å²) in [4.78, 5) is 14.4. The Bertz CT molecular complexity index is 726. The van der Waals surface area contributed by atoms with Crippen molar-refractivity contribution in [2.24, 2.45) is 11.1 Å². The molecule has 1 heterocycles. The summed E-state index contributed by atoms with van der Waals surface area (Å²) in [5, 5.41) is 0. The van der Waals surface area contributed by atoms with Crippen LogP contribution < -0.4 is 5.73 Å². The number of halogens is 1. The molecule has 1 atom stereocenters. The van der Waals surface area contributed by atoms with E-state index in [9.17, 15) is 13.2 Å². The Morgan fingerprint density at radius 2 is 2.00 bits per heavy atom. The van der Waals surface area contributed by atoms with Gasteiger partial charge >= 0.3 is 0 Å². The third-order valence-electron chi connectivity index (χ3n) is 4.94. The quantitative estimate of drug-likeness (QED) is 0.757. The van der Waals surface area contributed by atoms with Crippen molar-refractivity contribution in [2.75, 3.05) is 33.2 Å². The molecule has 148 valence electrons. The number of carbonyl (C=O) groups excluding carboxylic acids is 1. The standard InChI is InChI=1S/C18H29N3O3S.ClH/c1-4-5-11-20(3)17(22)15-8-6-7-9-16(15)25(23,24)21-12-10-18(2,13-19)14-21;/h6-9H,4-5,10-14,19H2,1-3H3;1H. The molecule has 0 bridgehead atoms. The molecule has 8 heteroatoms. The fourth-order valence-electron chi connectivity index (χ4n) is 3.06. The lowest BCUT2D eigenvalue weighted by atomic mass is 9.90. The zero-order valence-corrected chi connectivity index (χ0v) is 17.4. The van der Waals surface area contributed by atoms with Crippen molar-refractivity contribution in [2.45, 2.75) is 38.0 Å². The molecule has 1 aliphatic rings. The number of hydrogen-bond acceptors (Lipinski definition) is 4. The van der Waals surface area contributed by atoms with Gasteiger partial charge in [-0.1, -0.05) is 32.4 Å². The zero-order chi connectivity index (χ0) is 18.7. The molecule has 1 aromatic rings. The molecule has 1 fully saturated rings. The molecule has 1 saturated heterocycles. The fourth-order valence-corrected chi connectivity index (χ4v) is 4.84. The molecule has 1 aliphatic heterocycles. The van der Waals surface area contributed by atoms with Crippen LogP contribution in [0.1, 0.15) is 43.5 Å². The summed E-state index contributed by atoms with van der Waals surface area (Å²) in [6.45, 7) is 5.93. The first-order valence-corrected chi connectivity index (χ1v) is 10.2. The van der Waals surface area contributed by atoms with E-state index in [0.717, 1.165) is 19.3 Å². The molecule has 6 nitrogen and oxygen atoms in total. The molecule has 0 aliphatic carbocycles. The van der Waals surface area contributed by atoms with Crippen molar-refractivity contribution in [3.63, 3.8) is 0 Å². The van der Waals surface area contributed by atoms with E-state index < -0.39 is 10.0 Å². The van der Waals surface area contributed by atoms with Crippen LogP contribution in [-0.2, 0) is 10.0 Å². The van der Waals surface area contributed by atoms with Crippen LogP contribution in [0.4, 0.5) is 0 Å². The minimum Gasteiger partial charge on any atom is -0.342 e. The van der Waals surface area contributed by atoms with E-state index in [1.54, 1.807) is 30.1 Å². The summed E-state index contributed by atoms with van der Waals surface area (Å²) >= 11 is 0. The molecule has 0 spiro atoms. The van der Waals surface area contributed by atoms with Gasteiger partial charge in [0, 0.05) is 26.7 Å². The molecule has 1 aromatic carbocycles. The Morgan fingerprint density at radius 3 is 2.58 bits per heavy atom. The molecule has 1 amide bonds. The average Bonchev–Trinajstić information content (AvgIpc) is 3.03. The van der Waals surface area contributed by atoms with Gasteiger partial charge in [-0.05, 0) is 36.9 Å². The van der Waals surface area contributed by atoms with E-state index >= 15 is 0 Å². The van der Waals surface area contributed by atoms with Crippen molar-refractivity contribution in [3.8, 4) is 0 Å². The van der Waals surface area contributed by atoms with Crippen LogP contribution in [0, 0.1) is 5.41 Å². The van der Waals surface area contributed by atoms with Gasteiger partial charge in [0.05, 0.1) is 10.5 Å². The number of sulfonamides is 1. The Labute approximate surface area is 163 Å². The van der Waals surface area contributed by atoms with Crippen LogP contribution in [0.15, 0.2) is 29.2 Å². The second kappa shape index (κ2) is 9.17. The molecule has 0 radical (unpaired) electrons. The van der Waals surface area contributed by atoms with E-state index in [1.807, 2.05) is 6.92 Å². The summed E-state index contributed by atoms with van der Waals surface area (Å²) in [6, 6.07) is 6.48. The summed E-state index contributed by atoms with van der Waals surface area (Å²) in [6.07, 6.45) is 2.59. The first kappa shape index (κ1) is 22.9. The van der Waals surface area contributed by atoms with Gasteiger partial charge in [-0.2, -0.15) is 4.31 Å². The predicted octanol–water partition coefficient (Wildman–Crippen LogP) is 2.34. The molecule has 2 rings (SSSR count). The number of hydrogen-bond donors (Lipinski definition) is 1. The number of nitrogens with zero attached hydrogens (tertiary/aromatic N) is 2. The molecule has 0 aromatic heterocycles. The lowest BCUT2D eigenvalue weighted by Crippen LogP contribution is -2.36. The topological polar surface area (TPSA) is 83.7 Å². The number of unbranched alkanes of at least 4 members (excludes halogenated alkanes) is 1. The molecule has 2 N–H and O–H groups in total. The number of nitrogens with two attached hydrogens (primary N) is 1. The Morgan fingerprint density at radius 1 is 1.35 bits per heavy atom. The van der Waals surface area contributed by atoms with Gasteiger partial charge in [0.25, 0.3) is 5.91 Å². The SMILES string of the molecule is CCCCN(C)C(=O)c1ccccc1S(=O)(=O)N1CCC(C)(CN)C1.Cl. The lowest BCUT2D eigenvalue weighted by Gasteiger charge is -2.24. The smallest absolute Gasteiger partial charge is 0.254 e. The van der Waals surface area contributed by atoms with E-state index in [-0.39, 0.29) is 34.2 Å². The second-order valence-corrected chi connectivity index (χ2v) is 9.09. The first-order valence-electron chi connectivity index (χ1n) is 8.80. The van der Waals surface area contributed by atoms with Gasteiger partial charge < -0.3 is 10.6 Å². The first-order chi connectivity index (χ1) is 11.7. The zero-order valence-electron chi connectivity index (χ0n) is 15.8. The van der Waals surface area contributed by atoms with Crippen molar-refractivity contribution in [1.82, 2.24) is 9.21 Å². The minimum atomic E-state index is -3.72. The monoisotopic (exact) mass is 403 g/mol. The molecular formula is C18H30ClN3O3S. The summed E-state index contributed by atoms with van der Waals surface area (Å²) in [5.41, 5.74) is 5.83. The van der Waals surface area contributed by atoms with Gasteiger partial charge in [0.1, 0.15) is 0 Å². The highest BCUT2D eigenvalue weighted by Gasteiger charge is 2.40. The molecule has 0 saturated carbocycles. The van der Waals surface area contributed by atoms with Crippen molar-refractivity contribution in [1.29, 1.82) is 0 Å². The van der Waals surface area contributed by atoms with Gasteiger partial charge in [0.2, 0.25) is 10.0 Å². The highest BCUT2D eigenvalue weighted by molar-refractivity contribution is 7.89. The highest BCUT2D eigenvalue weighted by Crippen LogP contribution is 2.33. The molecule has 26 heavy (non-hydrogen) atoms. The largest absolute Gasteiger partial charge is 0.342 e. The predicted molar refractivity (Wildman–Crippen MR) is 106 cm³/mol. The van der Waals surface area contributed by atoms with E-state index in [2.05, 4.69) is 6.92 Å². The number of amides is 1. The van der Waals surface area contributed by atoms with Gasteiger partial charge in [0.15, 0.2) is 0 Å². The molecule has 1 unspecified atom stereocenters. The third kappa shape index (κ3) is 4.76. The summed E-state index contributed by atoms with van der Waals surface area (Å²) in [7, 11) is -2.01. The average molecular weight is 404 g/mol. The number of benzene rings is 1. The second-order valence-electron chi connectivity index (χ2n) is 7.18. The Hall–Kier alpha value is -1.15. The summed E-state index contributed by atoms with van der Waals surface area (Å²) in [5.74, 6) is -0.256. The summed E-state index contributed by atoms with van der Waals surface area (Å²) < 4.78 is 27.7. The minimum absolute atomic E-state index is 0. The lowest BCUT2D eigenvalue weighted by molar-refractivity contribution is 0.0789. The van der Waals surface area contributed by atoms with Crippen LogP contribution >= 0.6 is 12.4 Å². The van der Waals surface area contributed by atoms with E-state index in [4.69, 9.17) is 5.73 Å². The number of carbonyl (C=O) groups is 1. The van der Waals surface area contributed by atoms with Crippen LogP contribution in [-0.4, -0.2) is 56.8 Å². The van der Waals surface area contributed by atoms with Crippen molar-refractivity contribution in [3.05, 3.63) is 29.8 Å². The van der Waals surface area contributed by atoms with Crippen LogP contribution in [0.3, 0.4) is 0 Å². The molecular weight excluding hydrogens is 374 g/mol. The van der Waals surface area contributed by atoms with E-state index in [1.165, 1.54) is 10.4 Å². The Balaban J connectivity index is 0.00000338. The normalized spacial score (nSPS) is 20.6. The maximum atomic E-state index is 13.1. The van der Waals surface area contributed by atoms with Crippen LogP contribution in [0.25, 0.3) is 0 Å². The van der Waals surface area contributed by atoms with Gasteiger partial charge in [-0.3, -0.25) is 4.79 Å². The number of rotatable bonds is 7. The fraction of sp³-hybridized carbons (Fsp3) is 0.611. The van der Waals surface area contributed by atoms with Gasteiger partial charge in [-0.25, -0.2) is 8.42 Å². The maximum Gasteiger partial charge on any atom is 0.254 e. The highest BCUT2D eigenvalue weighted by atomic mass is 35.5. The van der Waals surface area contributed by atoms with Crippen molar-refractivity contribution < 1.29 is 13.2 Å². The van der Waals surface area contributed by atoms with Gasteiger partial charge in [-0.15, -0.1) is 12.4 Å². The van der Waals surface area contributed by atoms with Crippen LogP contribution in [0.5, 0.6) is 0 Å².